The van der Waals surface area contributed by atoms with Gasteiger partial charge in [0.15, 0.2) is 5.78 Å². The number of hydrogen-bond donors (Lipinski definition) is 0. The SMILES string of the molecule is CS(=O)(=O)N(C1=Cc2ccccc2[C@]12C=CC(=O)c1ccccc12)c1ccc(F)cc1. The van der Waals surface area contributed by atoms with Gasteiger partial charge in [0.2, 0.25) is 10.0 Å². The van der Waals surface area contributed by atoms with Gasteiger partial charge in [-0.2, -0.15) is 0 Å². The third-order valence-corrected chi connectivity index (χ3v) is 6.87. The maximum absolute atomic E-state index is 13.6. The van der Waals surface area contributed by atoms with Crippen molar-refractivity contribution in [3.8, 4) is 0 Å². The summed E-state index contributed by atoms with van der Waals surface area (Å²) < 4.78 is 41.0. The van der Waals surface area contributed by atoms with Gasteiger partial charge < -0.3 is 0 Å². The Kier molecular flexibility index (Phi) is 4.24. The molecule has 6 heteroatoms. The Morgan fingerprint density at radius 2 is 1.52 bits per heavy atom. The van der Waals surface area contributed by atoms with E-state index in [1.54, 1.807) is 18.2 Å². The molecule has 1 atom stereocenters. The Bertz CT molecular complexity index is 1390. The maximum Gasteiger partial charge on any atom is 0.236 e. The first-order chi connectivity index (χ1) is 14.8. The van der Waals surface area contributed by atoms with Gasteiger partial charge in [-0.1, -0.05) is 54.6 Å². The van der Waals surface area contributed by atoms with Crippen molar-refractivity contribution < 1.29 is 17.6 Å². The molecule has 0 bridgehead atoms. The van der Waals surface area contributed by atoms with Crippen molar-refractivity contribution in [2.75, 3.05) is 10.6 Å². The highest BCUT2D eigenvalue weighted by Crippen LogP contribution is 2.52. The number of carbonyl (C=O) groups excluding carboxylic acids is 1. The van der Waals surface area contributed by atoms with Crippen molar-refractivity contribution in [2.45, 2.75) is 5.41 Å². The molecule has 3 aromatic rings. The summed E-state index contributed by atoms with van der Waals surface area (Å²) in [6.07, 6.45) is 6.23. The van der Waals surface area contributed by atoms with Crippen molar-refractivity contribution in [3.05, 3.63) is 119 Å². The van der Waals surface area contributed by atoms with E-state index in [0.29, 0.717) is 16.9 Å². The molecule has 0 aromatic heterocycles. The van der Waals surface area contributed by atoms with Gasteiger partial charge in [-0.15, -0.1) is 0 Å². The second-order valence-electron chi connectivity index (χ2n) is 7.67. The number of fused-ring (bicyclic) bond motifs is 4. The molecule has 0 saturated heterocycles. The molecule has 154 valence electrons. The first-order valence-corrected chi connectivity index (χ1v) is 11.6. The van der Waals surface area contributed by atoms with Crippen molar-refractivity contribution in [2.24, 2.45) is 0 Å². The van der Waals surface area contributed by atoms with Crippen LogP contribution in [-0.4, -0.2) is 20.5 Å². The van der Waals surface area contributed by atoms with Crippen LogP contribution in [0.3, 0.4) is 0 Å². The first kappa shape index (κ1) is 19.5. The van der Waals surface area contributed by atoms with Gasteiger partial charge in [0.1, 0.15) is 5.82 Å². The first-order valence-electron chi connectivity index (χ1n) is 9.73. The van der Waals surface area contributed by atoms with Crippen molar-refractivity contribution in [3.63, 3.8) is 0 Å². The Morgan fingerprint density at radius 3 is 2.23 bits per heavy atom. The summed E-state index contributed by atoms with van der Waals surface area (Å²) in [5.41, 5.74) is 2.82. The number of halogens is 1. The summed E-state index contributed by atoms with van der Waals surface area (Å²) >= 11 is 0. The van der Waals surface area contributed by atoms with E-state index in [0.717, 1.165) is 22.9 Å². The van der Waals surface area contributed by atoms with Crippen molar-refractivity contribution in [1.29, 1.82) is 0 Å². The Labute approximate surface area is 180 Å². The average molecular weight is 431 g/mol. The molecule has 0 heterocycles. The van der Waals surface area contributed by atoms with Crippen LogP contribution in [0.2, 0.25) is 0 Å². The standard InChI is InChI=1S/C25H18FNO3S/c1-31(29,30)27(19-12-10-18(26)11-13-19)24-16-17-6-2-4-8-21(17)25(24)15-14-23(28)20-7-3-5-9-22(20)25/h2-16H,1H3/t25-/m0/s1. The van der Waals surface area contributed by atoms with Crippen LogP contribution in [0.5, 0.6) is 0 Å². The van der Waals surface area contributed by atoms with Crippen LogP contribution in [0.15, 0.2) is 90.6 Å². The van der Waals surface area contributed by atoms with Gasteiger partial charge >= 0.3 is 0 Å². The molecule has 0 saturated carbocycles. The van der Waals surface area contributed by atoms with Crippen LogP contribution < -0.4 is 4.31 Å². The van der Waals surface area contributed by atoms with Crippen LogP contribution >= 0.6 is 0 Å². The molecule has 5 rings (SSSR count). The van der Waals surface area contributed by atoms with E-state index in [4.69, 9.17) is 0 Å². The third kappa shape index (κ3) is 2.86. The fraction of sp³-hybridized carbons (Fsp3) is 0.0800. The van der Waals surface area contributed by atoms with E-state index in [9.17, 15) is 17.6 Å². The second kappa shape index (κ2) is 6.75. The van der Waals surface area contributed by atoms with Gasteiger partial charge in [-0.05, 0) is 53.1 Å². The molecule has 0 N–H and O–H groups in total. The monoisotopic (exact) mass is 431 g/mol. The molecule has 0 unspecified atom stereocenters. The highest BCUT2D eigenvalue weighted by molar-refractivity contribution is 7.92. The van der Waals surface area contributed by atoms with Crippen LogP contribution in [-0.2, 0) is 15.4 Å². The minimum absolute atomic E-state index is 0.127. The van der Waals surface area contributed by atoms with Crippen LogP contribution in [0.4, 0.5) is 10.1 Å². The molecule has 1 spiro atoms. The van der Waals surface area contributed by atoms with E-state index in [2.05, 4.69) is 0 Å². The lowest BCUT2D eigenvalue weighted by Gasteiger charge is -2.39. The van der Waals surface area contributed by atoms with Crippen LogP contribution in [0.25, 0.3) is 6.08 Å². The van der Waals surface area contributed by atoms with Gasteiger partial charge in [-0.3, -0.25) is 4.79 Å². The number of anilines is 1. The fourth-order valence-corrected chi connectivity index (χ4v) is 5.62. The minimum atomic E-state index is -3.80. The van der Waals surface area contributed by atoms with E-state index < -0.39 is 21.3 Å². The lowest BCUT2D eigenvalue weighted by molar-refractivity contribution is 0.104. The summed E-state index contributed by atoms with van der Waals surface area (Å²) in [6, 6.07) is 20.2. The summed E-state index contributed by atoms with van der Waals surface area (Å²) in [4.78, 5) is 12.6. The molecular formula is C25H18FNO3S. The smallest absolute Gasteiger partial charge is 0.236 e. The van der Waals surface area contributed by atoms with Crippen molar-refractivity contribution >= 4 is 27.6 Å². The average Bonchev–Trinajstić information content (AvgIpc) is 3.06. The molecule has 0 aliphatic heterocycles. The number of carbonyl (C=O) groups is 1. The molecule has 0 radical (unpaired) electrons. The lowest BCUT2D eigenvalue weighted by atomic mass is 9.69. The highest BCUT2D eigenvalue weighted by Gasteiger charge is 2.49. The largest absolute Gasteiger partial charge is 0.289 e. The highest BCUT2D eigenvalue weighted by atomic mass is 32.2. The van der Waals surface area contributed by atoms with Crippen molar-refractivity contribution in [1.82, 2.24) is 0 Å². The van der Waals surface area contributed by atoms with Crippen LogP contribution in [0, 0.1) is 5.82 Å². The number of benzene rings is 3. The third-order valence-electron chi connectivity index (χ3n) is 5.80. The zero-order valence-electron chi connectivity index (χ0n) is 16.6. The normalized spacial score (nSPS) is 19.2. The Balaban J connectivity index is 1.85. The van der Waals surface area contributed by atoms with E-state index >= 15 is 0 Å². The predicted octanol–water partition coefficient (Wildman–Crippen LogP) is 4.69. The zero-order valence-corrected chi connectivity index (χ0v) is 17.4. The van der Waals surface area contributed by atoms with Gasteiger partial charge in [0.25, 0.3) is 0 Å². The number of hydrogen-bond acceptors (Lipinski definition) is 3. The number of nitrogens with zero attached hydrogens (tertiary/aromatic N) is 1. The molecule has 0 amide bonds. The summed E-state index contributed by atoms with van der Waals surface area (Å²) in [7, 11) is -3.80. The minimum Gasteiger partial charge on any atom is -0.289 e. The number of ketones is 1. The number of rotatable bonds is 3. The van der Waals surface area contributed by atoms with Crippen LogP contribution in [0.1, 0.15) is 27.0 Å². The van der Waals surface area contributed by atoms with E-state index in [1.165, 1.54) is 34.6 Å². The molecule has 2 aliphatic carbocycles. The number of sulfonamides is 1. The summed E-state index contributed by atoms with van der Waals surface area (Å²) in [5.74, 6) is -0.582. The molecule has 4 nitrogen and oxygen atoms in total. The predicted molar refractivity (Wildman–Crippen MR) is 119 cm³/mol. The Morgan fingerprint density at radius 1 is 0.871 bits per heavy atom. The lowest BCUT2D eigenvalue weighted by Crippen LogP contribution is -2.41. The topological polar surface area (TPSA) is 54.5 Å². The molecular weight excluding hydrogens is 413 g/mol. The van der Waals surface area contributed by atoms with E-state index in [-0.39, 0.29) is 5.78 Å². The quantitative estimate of drug-likeness (QED) is 0.605. The fourth-order valence-electron chi connectivity index (χ4n) is 4.57. The summed E-state index contributed by atoms with van der Waals surface area (Å²) in [6.45, 7) is 0. The van der Waals surface area contributed by atoms with E-state index in [1.807, 2.05) is 42.5 Å². The summed E-state index contributed by atoms with van der Waals surface area (Å²) in [5, 5.41) is 0. The number of allylic oxidation sites excluding steroid dienone is 2. The molecule has 0 fully saturated rings. The molecule has 31 heavy (non-hydrogen) atoms. The van der Waals surface area contributed by atoms with Gasteiger partial charge in [0, 0.05) is 5.56 Å². The van der Waals surface area contributed by atoms with Gasteiger partial charge in [0.05, 0.1) is 23.1 Å². The second-order valence-corrected chi connectivity index (χ2v) is 9.50. The molecule has 3 aromatic carbocycles. The van der Waals surface area contributed by atoms with Gasteiger partial charge in [-0.25, -0.2) is 17.1 Å². The zero-order chi connectivity index (χ0) is 21.8. The maximum atomic E-state index is 13.6. The molecule has 2 aliphatic rings. The Hall–Kier alpha value is -3.51.